The van der Waals surface area contributed by atoms with Crippen molar-refractivity contribution < 1.29 is 28.3 Å². The van der Waals surface area contributed by atoms with Crippen molar-refractivity contribution in [3.63, 3.8) is 0 Å². The predicted octanol–water partition coefficient (Wildman–Crippen LogP) is 0.474. The van der Waals surface area contributed by atoms with E-state index in [0.717, 1.165) is 4.31 Å². The fourth-order valence-electron chi connectivity index (χ4n) is 2.84. The van der Waals surface area contributed by atoms with E-state index < -0.39 is 22.0 Å². The van der Waals surface area contributed by atoms with Crippen LogP contribution in [0.25, 0.3) is 0 Å². The van der Waals surface area contributed by atoms with E-state index >= 15 is 0 Å². The molecular formula is C16H17N3O6S2. The summed E-state index contributed by atoms with van der Waals surface area (Å²) in [4.78, 5) is 26.4. The summed E-state index contributed by atoms with van der Waals surface area (Å²) in [6.45, 7) is -0.206. The van der Waals surface area contributed by atoms with Gasteiger partial charge in [0.1, 0.15) is 11.8 Å². The molecule has 1 saturated heterocycles. The molecule has 11 heteroatoms. The third kappa shape index (κ3) is 3.81. The van der Waals surface area contributed by atoms with Crippen LogP contribution >= 0.6 is 11.3 Å². The van der Waals surface area contributed by atoms with Crippen molar-refractivity contribution in [1.82, 2.24) is 14.7 Å². The number of hydroxylamine groups is 1. The quantitative estimate of drug-likeness (QED) is 0.496. The van der Waals surface area contributed by atoms with E-state index in [0.29, 0.717) is 4.88 Å². The molecule has 1 aliphatic heterocycles. The van der Waals surface area contributed by atoms with Gasteiger partial charge in [0.25, 0.3) is 11.8 Å². The lowest BCUT2D eigenvalue weighted by molar-refractivity contribution is -0.134. The molecule has 1 fully saturated rings. The number of phenolic OH excluding ortho intramolecular Hbond substituents is 1. The molecular weight excluding hydrogens is 394 g/mol. The number of carbonyl (C=O) groups excluding carboxylic acids is 2. The number of nitrogens with one attached hydrogen (secondary N) is 1. The van der Waals surface area contributed by atoms with E-state index in [4.69, 9.17) is 5.21 Å². The SMILES string of the molecule is O=C(NO)C1CN(C(=O)c2cccs2)CCN1S(=O)(=O)c1ccc(O)cc1. The van der Waals surface area contributed by atoms with Gasteiger partial charge in [0.2, 0.25) is 10.0 Å². The van der Waals surface area contributed by atoms with E-state index in [1.54, 1.807) is 17.5 Å². The van der Waals surface area contributed by atoms with Crippen LogP contribution in [-0.2, 0) is 14.8 Å². The molecule has 3 N–H and O–H groups in total. The summed E-state index contributed by atoms with van der Waals surface area (Å²) in [6.07, 6.45) is 0. The summed E-state index contributed by atoms with van der Waals surface area (Å²) in [5.74, 6) is -1.33. The number of sulfonamides is 1. The van der Waals surface area contributed by atoms with Crippen molar-refractivity contribution in [2.75, 3.05) is 19.6 Å². The van der Waals surface area contributed by atoms with Crippen LogP contribution in [0.5, 0.6) is 5.75 Å². The standard InChI is InChI=1S/C16H17N3O6S2/c20-11-3-5-12(6-4-11)27(24,25)19-8-7-18(10-13(19)15(21)17-23)16(22)14-2-1-9-26-14/h1-6,9,13,20,23H,7-8,10H2,(H,17,21). The smallest absolute Gasteiger partial charge is 0.264 e. The highest BCUT2D eigenvalue weighted by molar-refractivity contribution is 7.89. The van der Waals surface area contributed by atoms with Crippen LogP contribution in [0.15, 0.2) is 46.7 Å². The number of thiophene rings is 1. The molecule has 2 aromatic rings. The number of carbonyl (C=O) groups is 2. The fraction of sp³-hybridized carbons (Fsp3) is 0.250. The second-order valence-corrected chi connectivity index (χ2v) is 8.67. The Labute approximate surface area is 159 Å². The van der Waals surface area contributed by atoms with Crippen LogP contribution in [0, 0.1) is 0 Å². The first-order valence-corrected chi connectivity index (χ1v) is 10.2. The van der Waals surface area contributed by atoms with Gasteiger partial charge in [0.05, 0.1) is 9.77 Å². The van der Waals surface area contributed by atoms with Crippen LogP contribution in [0.4, 0.5) is 0 Å². The van der Waals surface area contributed by atoms with Crippen LogP contribution in [0.1, 0.15) is 9.67 Å². The Morgan fingerprint density at radius 3 is 2.44 bits per heavy atom. The Balaban J connectivity index is 1.88. The molecule has 1 atom stereocenters. The van der Waals surface area contributed by atoms with Crippen molar-refractivity contribution in [2.24, 2.45) is 0 Å². The molecule has 2 heterocycles. The molecule has 1 aromatic carbocycles. The van der Waals surface area contributed by atoms with Crippen LogP contribution in [0.2, 0.25) is 0 Å². The van der Waals surface area contributed by atoms with Gasteiger partial charge in [-0.1, -0.05) is 6.07 Å². The van der Waals surface area contributed by atoms with E-state index in [2.05, 4.69) is 0 Å². The van der Waals surface area contributed by atoms with Crippen LogP contribution in [0.3, 0.4) is 0 Å². The molecule has 9 nitrogen and oxygen atoms in total. The van der Waals surface area contributed by atoms with Gasteiger partial charge in [-0.05, 0) is 35.7 Å². The number of hydrogen-bond donors (Lipinski definition) is 3. The van der Waals surface area contributed by atoms with E-state index in [1.165, 1.54) is 46.0 Å². The molecule has 0 saturated carbocycles. The number of nitrogens with zero attached hydrogens (tertiary/aromatic N) is 2. The summed E-state index contributed by atoms with van der Waals surface area (Å²) >= 11 is 1.25. The van der Waals surface area contributed by atoms with Gasteiger partial charge in [-0.3, -0.25) is 14.8 Å². The zero-order valence-electron chi connectivity index (χ0n) is 14.0. The Bertz CT molecular complexity index is 928. The highest BCUT2D eigenvalue weighted by Gasteiger charge is 2.41. The average Bonchev–Trinajstić information content (AvgIpc) is 3.21. The van der Waals surface area contributed by atoms with Gasteiger partial charge in [-0.2, -0.15) is 4.31 Å². The number of hydrogen-bond acceptors (Lipinski definition) is 7. The highest BCUT2D eigenvalue weighted by Crippen LogP contribution is 2.24. The Hall–Kier alpha value is -2.47. The molecule has 0 spiro atoms. The number of phenols is 1. The first-order valence-electron chi connectivity index (χ1n) is 7.92. The van der Waals surface area contributed by atoms with Crippen molar-refractivity contribution in [3.05, 3.63) is 46.7 Å². The molecule has 1 aliphatic rings. The van der Waals surface area contributed by atoms with Crippen molar-refractivity contribution in [2.45, 2.75) is 10.9 Å². The lowest BCUT2D eigenvalue weighted by Crippen LogP contribution is -2.61. The normalized spacial score (nSPS) is 18.3. The molecule has 27 heavy (non-hydrogen) atoms. The number of piperazine rings is 1. The van der Waals surface area contributed by atoms with E-state index in [9.17, 15) is 23.1 Å². The fourth-order valence-corrected chi connectivity index (χ4v) is 5.10. The van der Waals surface area contributed by atoms with Gasteiger partial charge in [-0.15, -0.1) is 11.3 Å². The van der Waals surface area contributed by atoms with Crippen molar-refractivity contribution in [3.8, 4) is 5.75 Å². The summed E-state index contributed by atoms with van der Waals surface area (Å²) in [5, 5.41) is 20.1. The highest BCUT2D eigenvalue weighted by atomic mass is 32.2. The molecule has 0 radical (unpaired) electrons. The predicted molar refractivity (Wildman–Crippen MR) is 95.9 cm³/mol. The first kappa shape index (κ1) is 19.3. The second-order valence-electron chi connectivity index (χ2n) is 5.83. The maximum absolute atomic E-state index is 12.9. The van der Waals surface area contributed by atoms with Gasteiger partial charge in [-0.25, -0.2) is 13.9 Å². The van der Waals surface area contributed by atoms with E-state index in [-0.39, 0.29) is 36.2 Å². The minimum atomic E-state index is -4.07. The van der Waals surface area contributed by atoms with E-state index in [1.807, 2.05) is 0 Å². The zero-order valence-corrected chi connectivity index (χ0v) is 15.6. The molecule has 144 valence electrons. The number of amides is 2. The molecule has 2 amide bonds. The molecule has 0 aliphatic carbocycles. The number of benzene rings is 1. The molecule has 0 bridgehead atoms. The lowest BCUT2D eigenvalue weighted by Gasteiger charge is -2.39. The largest absolute Gasteiger partial charge is 0.508 e. The molecule has 3 rings (SSSR count). The lowest BCUT2D eigenvalue weighted by atomic mass is 10.2. The third-order valence-corrected chi connectivity index (χ3v) is 6.99. The van der Waals surface area contributed by atoms with Gasteiger partial charge >= 0.3 is 0 Å². The van der Waals surface area contributed by atoms with Crippen molar-refractivity contribution in [1.29, 1.82) is 0 Å². The monoisotopic (exact) mass is 411 g/mol. The summed E-state index contributed by atoms with van der Waals surface area (Å²) in [6, 6.07) is 6.99. The zero-order chi connectivity index (χ0) is 19.6. The second kappa shape index (κ2) is 7.64. The maximum atomic E-state index is 12.9. The average molecular weight is 411 g/mol. The number of rotatable bonds is 4. The third-order valence-electron chi connectivity index (χ3n) is 4.21. The first-order chi connectivity index (χ1) is 12.8. The minimum absolute atomic E-state index is 0.0926. The van der Waals surface area contributed by atoms with Crippen LogP contribution < -0.4 is 5.48 Å². The van der Waals surface area contributed by atoms with Crippen molar-refractivity contribution >= 4 is 33.2 Å². The molecule has 1 unspecified atom stereocenters. The number of aromatic hydroxyl groups is 1. The minimum Gasteiger partial charge on any atom is -0.508 e. The van der Waals surface area contributed by atoms with Gasteiger partial charge < -0.3 is 10.0 Å². The summed E-state index contributed by atoms with van der Waals surface area (Å²) in [5.41, 5.74) is 1.47. The topological polar surface area (TPSA) is 127 Å². The van der Waals surface area contributed by atoms with Gasteiger partial charge in [0, 0.05) is 19.6 Å². The van der Waals surface area contributed by atoms with Crippen LogP contribution in [-0.4, -0.2) is 65.4 Å². The Kier molecular flexibility index (Phi) is 5.46. The maximum Gasteiger partial charge on any atom is 0.264 e. The summed E-state index contributed by atoms with van der Waals surface area (Å²) < 4.78 is 26.8. The Morgan fingerprint density at radius 1 is 1.15 bits per heavy atom. The van der Waals surface area contributed by atoms with Gasteiger partial charge in [0.15, 0.2) is 0 Å². The molecule has 1 aromatic heterocycles. The summed E-state index contributed by atoms with van der Waals surface area (Å²) in [7, 11) is -4.07. The Morgan fingerprint density at radius 2 is 1.85 bits per heavy atom.